The first-order valence-corrected chi connectivity index (χ1v) is 10.0. The van der Waals surface area contributed by atoms with Crippen molar-refractivity contribution in [2.24, 2.45) is 7.05 Å². The summed E-state index contributed by atoms with van der Waals surface area (Å²) in [7, 11) is 1.55. The lowest BCUT2D eigenvalue weighted by Gasteiger charge is -2.17. The lowest BCUT2D eigenvalue weighted by Crippen LogP contribution is -2.27. The summed E-state index contributed by atoms with van der Waals surface area (Å²) in [5, 5.41) is 14.2. The van der Waals surface area contributed by atoms with Gasteiger partial charge in [0.25, 0.3) is 5.56 Å². The lowest BCUT2D eigenvalue weighted by atomic mass is 10.1. The third-order valence-electron chi connectivity index (χ3n) is 4.59. The fourth-order valence-corrected chi connectivity index (χ4v) is 3.71. The molecule has 2 N–H and O–H groups in total. The lowest BCUT2D eigenvalue weighted by molar-refractivity contribution is 0.262. The van der Waals surface area contributed by atoms with Crippen LogP contribution in [0.2, 0.25) is 10.2 Å². The van der Waals surface area contributed by atoms with Gasteiger partial charge in [-0.05, 0) is 18.1 Å². The maximum atomic E-state index is 12.9. The van der Waals surface area contributed by atoms with Crippen molar-refractivity contribution >= 4 is 46.3 Å². The summed E-state index contributed by atoms with van der Waals surface area (Å²) in [6, 6.07) is 4.18. The van der Waals surface area contributed by atoms with E-state index in [0.717, 1.165) is 5.69 Å². The molecule has 0 aliphatic rings. The molecule has 0 spiro atoms. The van der Waals surface area contributed by atoms with E-state index in [2.05, 4.69) is 25.8 Å². The SMILES string of the molecule is CC(C)c1c(NC(=O)Nc2cc(Cl)c(=O)n(C)c2-n2cccn2)cnc2cc(Cl)nn12. The number of carbonyl (C=O) groups is 1. The molecular formula is C19H18Cl2N8O2. The minimum Gasteiger partial charge on any atom is -0.305 e. The molecule has 160 valence electrons. The summed E-state index contributed by atoms with van der Waals surface area (Å²) < 4.78 is 4.37. The number of pyridine rings is 1. The Labute approximate surface area is 186 Å². The first kappa shape index (κ1) is 20.9. The van der Waals surface area contributed by atoms with E-state index < -0.39 is 11.6 Å². The molecular weight excluding hydrogens is 443 g/mol. The Kier molecular flexibility index (Phi) is 5.42. The van der Waals surface area contributed by atoms with Crippen LogP contribution in [-0.2, 0) is 7.05 Å². The second-order valence-corrected chi connectivity index (χ2v) is 7.87. The van der Waals surface area contributed by atoms with Gasteiger partial charge < -0.3 is 10.6 Å². The van der Waals surface area contributed by atoms with E-state index in [0.29, 0.717) is 28.0 Å². The van der Waals surface area contributed by atoms with Crippen LogP contribution in [-0.4, -0.2) is 35.0 Å². The highest BCUT2D eigenvalue weighted by Crippen LogP contribution is 2.26. The van der Waals surface area contributed by atoms with Crippen LogP contribution in [0.1, 0.15) is 25.5 Å². The first-order valence-electron chi connectivity index (χ1n) is 9.28. The highest BCUT2D eigenvalue weighted by Gasteiger charge is 2.19. The molecule has 4 rings (SSSR count). The summed E-state index contributed by atoms with van der Waals surface area (Å²) in [5.41, 5.74) is 1.67. The molecule has 0 unspecified atom stereocenters. The smallest absolute Gasteiger partial charge is 0.305 e. The summed E-state index contributed by atoms with van der Waals surface area (Å²) in [4.78, 5) is 29.4. The van der Waals surface area contributed by atoms with E-state index in [1.165, 1.54) is 15.3 Å². The average molecular weight is 461 g/mol. The van der Waals surface area contributed by atoms with Gasteiger partial charge in [-0.2, -0.15) is 10.2 Å². The van der Waals surface area contributed by atoms with Crippen molar-refractivity contribution in [1.29, 1.82) is 0 Å². The number of aromatic nitrogens is 6. The van der Waals surface area contributed by atoms with Gasteiger partial charge >= 0.3 is 6.03 Å². The van der Waals surface area contributed by atoms with Gasteiger partial charge in [0, 0.05) is 25.5 Å². The van der Waals surface area contributed by atoms with Crippen molar-refractivity contribution in [3.63, 3.8) is 0 Å². The van der Waals surface area contributed by atoms with Crippen LogP contribution < -0.4 is 16.2 Å². The van der Waals surface area contributed by atoms with E-state index >= 15 is 0 Å². The van der Waals surface area contributed by atoms with Crippen LogP contribution in [0, 0.1) is 0 Å². The molecule has 0 fully saturated rings. The number of hydrogen-bond acceptors (Lipinski definition) is 5. The van der Waals surface area contributed by atoms with E-state index in [-0.39, 0.29) is 10.9 Å². The molecule has 10 nitrogen and oxygen atoms in total. The Morgan fingerprint density at radius 3 is 2.58 bits per heavy atom. The predicted molar refractivity (Wildman–Crippen MR) is 119 cm³/mol. The first-order chi connectivity index (χ1) is 14.8. The highest BCUT2D eigenvalue weighted by atomic mass is 35.5. The molecule has 0 saturated carbocycles. The summed E-state index contributed by atoms with van der Waals surface area (Å²) in [5.74, 6) is 0.370. The van der Waals surface area contributed by atoms with Crippen LogP contribution in [0.4, 0.5) is 16.2 Å². The van der Waals surface area contributed by atoms with Crippen molar-refractivity contribution in [2.75, 3.05) is 10.6 Å². The minimum atomic E-state index is -0.551. The molecule has 0 aromatic carbocycles. The predicted octanol–water partition coefficient (Wildman–Crippen LogP) is 3.69. The van der Waals surface area contributed by atoms with Crippen LogP contribution in [0.5, 0.6) is 0 Å². The van der Waals surface area contributed by atoms with Crippen LogP contribution in [0.25, 0.3) is 11.5 Å². The number of fused-ring (bicyclic) bond motifs is 1. The van der Waals surface area contributed by atoms with Gasteiger partial charge in [-0.1, -0.05) is 37.0 Å². The maximum absolute atomic E-state index is 12.9. The third kappa shape index (κ3) is 3.87. The Morgan fingerprint density at radius 2 is 1.90 bits per heavy atom. The normalized spacial score (nSPS) is 11.3. The quantitative estimate of drug-likeness (QED) is 0.482. The van der Waals surface area contributed by atoms with Gasteiger partial charge in [-0.15, -0.1) is 0 Å². The molecule has 0 bridgehead atoms. The molecule has 0 saturated heterocycles. The van der Waals surface area contributed by atoms with Crippen molar-refractivity contribution in [3.8, 4) is 5.82 Å². The summed E-state index contributed by atoms with van der Waals surface area (Å²) >= 11 is 12.1. The summed E-state index contributed by atoms with van der Waals surface area (Å²) in [6.45, 7) is 3.94. The number of carbonyl (C=O) groups excluding carboxylic acids is 1. The topological polar surface area (TPSA) is 111 Å². The number of hydrogen-bond donors (Lipinski definition) is 2. The number of nitrogens with one attached hydrogen (secondary N) is 2. The fraction of sp³-hybridized carbons (Fsp3) is 0.211. The van der Waals surface area contributed by atoms with Gasteiger partial charge in [-0.25, -0.2) is 19.0 Å². The van der Waals surface area contributed by atoms with Crippen molar-refractivity contribution < 1.29 is 4.79 Å². The third-order valence-corrected chi connectivity index (χ3v) is 5.05. The molecule has 4 heterocycles. The molecule has 4 aromatic heterocycles. The molecule has 0 radical (unpaired) electrons. The average Bonchev–Trinajstić information content (AvgIpc) is 3.34. The van der Waals surface area contributed by atoms with E-state index in [4.69, 9.17) is 23.2 Å². The zero-order chi connectivity index (χ0) is 22.3. The van der Waals surface area contributed by atoms with Crippen molar-refractivity contribution in [1.82, 2.24) is 28.9 Å². The van der Waals surface area contributed by atoms with Crippen LogP contribution in [0.15, 0.2) is 41.6 Å². The number of anilines is 2. The standard InChI is InChI=1S/C19H18Cl2N8O2/c1-10(2)16-13(9-22-15-8-14(21)26-29(15)16)25-19(31)24-12-7-11(20)18(30)27(3)17(12)28-6-4-5-23-28/h4-10H,1-3H3,(H2,24,25,31). The minimum absolute atomic E-state index is 0.0170. The van der Waals surface area contributed by atoms with Gasteiger partial charge in [0.1, 0.15) is 5.02 Å². The zero-order valence-electron chi connectivity index (χ0n) is 16.8. The van der Waals surface area contributed by atoms with Crippen molar-refractivity contribution in [2.45, 2.75) is 19.8 Å². The molecule has 2 amide bonds. The molecule has 0 aliphatic heterocycles. The van der Waals surface area contributed by atoms with Gasteiger partial charge in [0.05, 0.1) is 23.3 Å². The van der Waals surface area contributed by atoms with E-state index in [9.17, 15) is 9.59 Å². The van der Waals surface area contributed by atoms with Gasteiger partial charge in [-0.3, -0.25) is 9.36 Å². The van der Waals surface area contributed by atoms with E-state index in [1.807, 2.05) is 13.8 Å². The maximum Gasteiger partial charge on any atom is 0.323 e. The number of rotatable bonds is 4. The molecule has 0 aliphatic carbocycles. The second-order valence-electron chi connectivity index (χ2n) is 7.07. The van der Waals surface area contributed by atoms with Crippen LogP contribution >= 0.6 is 23.2 Å². The Morgan fingerprint density at radius 1 is 1.16 bits per heavy atom. The monoisotopic (exact) mass is 460 g/mol. The van der Waals surface area contributed by atoms with E-state index in [1.54, 1.807) is 42.3 Å². The Bertz CT molecular complexity index is 1340. The largest absolute Gasteiger partial charge is 0.323 e. The Balaban J connectivity index is 1.71. The molecule has 0 atom stereocenters. The van der Waals surface area contributed by atoms with Crippen molar-refractivity contribution in [3.05, 3.63) is 63.0 Å². The molecule has 4 aromatic rings. The van der Waals surface area contributed by atoms with Gasteiger partial charge in [0.2, 0.25) is 0 Å². The Hall–Kier alpha value is -3.37. The number of nitrogens with zero attached hydrogens (tertiary/aromatic N) is 6. The number of halogens is 2. The second kappa shape index (κ2) is 8.05. The molecule has 31 heavy (non-hydrogen) atoms. The summed E-state index contributed by atoms with van der Waals surface area (Å²) in [6.07, 6.45) is 4.76. The van der Waals surface area contributed by atoms with Crippen LogP contribution in [0.3, 0.4) is 0 Å². The number of amides is 2. The zero-order valence-corrected chi connectivity index (χ0v) is 18.3. The highest BCUT2D eigenvalue weighted by molar-refractivity contribution is 6.31. The fourth-order valence-electron chi connectivity index (χ4n) is 3.30. The number of urea groups is 1. The van der Waals surface area contributed by atoms with Gasteiger partial charge in [0.15, 0.2) is 16.6 Å². The molecule has 12 heteroatoms.